The van der Waals surface area contributed by atoms with E-state index in [1.165, 1.54) is 0 Å². The summed E-state index contributed by atoms with van der Waals surface area (Å²) in [6, 6.07) is 2.45. The van der Waals surface area contributed by atoms with Crippen molar-refractivity contribution in [1.29, 1.82) is 0 Å². The molecule has 0 saturated carbocycles. The Morgan fingerprint density at radius 3 is 2.56 bits per heavy atom. The molecule has 84 valence electrons. The van der Waals surface area contributed by atoms with Crippen LogP contribution in [0.1, 0.15) is 15.9 Å². The third-order valence-electron chi connectivity index (χ3n) is 1.82. The van der Waals surface area contributed by atoms with Gasteiger partial charge in [0, 0.05) is 5.56 Å². The van der Waals surface area contributed by atoms with E-state index in [9.17, 15) is 18.0 Å². The third kappa shape index (κ3) is 2.74. The fourth-order valence-electron chi connectivity index (χ4n) is 1.07. The highest BCUT2D eigenvalue weighted by Gasteiger charge is 2.31. The summed E-state index contributed by atoms with van der Waals surface area (Å²) in [5.74, 6) is -0.717. The predicted molar refractivity (Wildman–Crippen MR) is 52.3 cm³/mol. The maximum absolute atomic E-state index is 12.3. The van der Waals surface area contributed by atoms with Gasteiger partial charge < -0.3 is 4.85 Å². The molecule has 6 heteroatoms. The van der Waals surface area contributed by atoms with E-state index in [1.54, 1.807) is 0 Å². The van der Waals surface area contributed by atoms with E-state index < -0.39 is 24.1 Å². The average molecular weight is 248 g/mol. The van der Waals surface area contributed by atoms with Gasteiger partial charge >= 0.3 is 6.18 Å². The van der Waals surface area contributed by atoms with Gasteiger partial charge in [0.15, 0.2) is 0 Å². The number of alkyl halides is 3. The molecule has 0 aliphatic heterocycles. The van der Waals surface area contributed by atoms with Gasteiger partial charge in [-0.25, -0.2) is 6.57 Å². The van der Waals surface area contributed by atoms with Crippen molar-refractivity contribution in [2.45, 2.75) is 6.18 Å². The number of benzene rings is 1. The molecule has 0 heterocycles. The summed E-state index contributed by atoms with van der Waals surface area (Å²) in [6.45, 7) is 5.96. The standard InChI is InChI=1S/C10H5ClF3NO/c1-15-5-9(16)7-4-6(10(12,13)14)2-3-8(7)11/h2-4H,5H2. The normalized spacial score (nSPS) is 10.9. The highest BCUT2D eigenvalue weighted by molar-refractivity contribution is 6.34. The molecule has 0 saturated heterocycles. The van der Waals surface area contributed by atoms with Crippen LogP contribution >= 0.6 is 11.6 Å². The zero-order chi connectivity index (χ0) is 12.3. The molecule has 0 aliphatic rings. The van der Waals surface area contributed by atoms with Gasteiger partial charge in [0.1, 0.15) is 0 Å². The molecule has 2 nitrogen and oxygen atoms in total. The first-order valence-corrected chi connectivity index (χ1v) is 4.47. The first-order chi connectivity index (χ1) is 7.36. The lowest BCUT2D eigenvalue weighted by Crippen LogP contribution is -2.09. The molecule has 0 unspecified atom stereocenters. The van der Waals surface area contributed by atoms with Crippen molar-refractivity contribution in [1.82, 2.24) is 0 Å². The monoisotopic (exact) mass is 247 g/mol. The van der Waals surface area contributed by atoms with Crippen LogP contribution in [0, 0.1) is 6.57 Å². The molecule has 0 radical (unpaired) electrons. The van der Waals surface area contributed by atoms with E-state index in [-0.39, 0.29) is 10.6 Å². The Balaban J connectivity index is 3.20. The van der Waals surface area contributed by atoms with Crippen LogP contribution in [-0.4, -0.2) is 12.3 Å². The molecule has 0 fully saturated rings. The molecule has 0 amide bonds. The number of hydrogen-bond donors (Lipinski definition) is 0. The Kier molecular flexibility index (Phi) is 3.55. The number of rotatable bonds is 2. The van der Waals surface area contributed by atoms with Crippen molar-refractivity contribution >= 4 is 17.4 Å². The van der Waals surface area contributed by atoms with Crippen LogP contribution < -0.4 is 0 Å². The molecular formula is C10H5ClF3NO. The average Bonchev–Trinajstić information content (AvgIpc) is 2.16. The van der Waals surface area contributed by atoms with Gasteiger partial charge in [-0.2, -0.15) is 13.2 Å². The molecule has 0 aliphatic carbocycles. The lowest BCUT2D eigenvalue weighted by molar-refractivity contribution is -0.137. The van der Waals surface area contributed by atoms with Gasteiger partial charge in [-0.3, -0.25) is 4.79 Å². The topological polar surface area (TPSA) is 21.4 Å². The first kappa shape index (κ1) is 12.5. The molecule has 1 aromatic rings. The first-order valence-electron chi connectivity index (χ1n) is 4.09. The second-order valence-corrected chi connectivity index (χ2v) is 3.34. The van der Waals surface area contributed by atoms with Crippen molar-refractivity contribution in [3.63, 3.8) is 0 Å². The SMILES string of the molecule is [C-]#[N+]CC(=O)c1cc(C(F)(F)F)ccc1Cl. The van der Waals surface area contributed by atoms with Crippen LogP contribution in [0.5, 0.6) is 0 Å². The van der Waals surface area contributed by atoms with Crippen LogP contribution in [0.3, 0.4) is 0 Å². The van der Waals surface area contributed by atoms with E-state index in [0.29, 0.717) is 6.07 Å². The number of nitrogens with zero attached hydrogens (tertiary/aromatic N) is 1. The molecule has 0 spiro atoms. The van der Waals surface area contributed by atoms with Crippen molar-refractivity contribution in [2.75, 3.05) is 6.54 Å². The zero-order valence-corrected chi connectivity index (χ0v) is 8.56. The molecule has 0 aromatic heterocycles. The van der Waals surface area contributed by atoms with Crippen molar-refractivity contribution in [2.24, 2.45) is 0 Å². The Labute approximate surface area is 94.5 Å². The lowest BCUT2D eigenvalue weighted by atomic mass is 10.1. The summed E-state index contributed by atoms with van der Waals surface area (Å²) in [7, 11) is 0. The third-order valence-corrected chi connectivity index (χ3v) is 2.15. The number of carbonyl (C=O) groups is 1. The molecule has 16 heavy (non-hydrogen) atoms. The summed E-state index contributed by atoms with van der Waals surface area (Å²) >= 11 is 5.59. The Morgan fingerprint density at radius 1 is 1.44 bits per heavy atom. The largest absolute Gasteiger partial charge is 0.416 e. The van der Waals surface area contributed by atoms with Crippen molar-refractivity contribution in [3.8, 4) is 0 Å². The van der Waals surface area contributed by atoms with Gasteiger partial charge in [-0.1, -0.05) is 11.6 Å². The fraction of sp³-hybridized carbons (Fsp3) is 0.200. The number of carbonyl (C=O) groups excluding carboxylic acids is 1. The van der Waals surface area contributed by atoms with Crippen LogP contribution in [0.4, 0.5) is 13.2 Å². The van der Waals surface area contributed by atoms with E-state index >= 15 is 0 Å². The highest BCUT2D eigenvalue weighted by Crippen LogP contribution is 2.31. The number of Topliss-reactive ketones (excluding diaryl/α,β-unsaturated/α-hetero) is 1. The summed E-state index contributed by atoms with van der Waals surface area (Å²) in [6.07, 6.45) is -4.53. The van der Waals surface area contributed by atoms with Gasteiger partial charge in [0.25, 0.3) is 6.54 Å². The Bertz CT molecular complexity index is 462. The molecule has 1 aromatic carbocycles. The van der Waals surface area contributed by atoms with Crippen LogP contribution in [0.25, 0.3) is 4.85 Å². The Hall–Kier alpha value is -1.54. The number of hydrogen-bond acceptors (Lipinski definition) is 1. The van der Waals surface area contributed by atoms with Gasteiger partial charge in [0.2, 0.25) is 5.78 Å². The number of ketones is 1. The summed E-state index contributed by atoms with van der Waals surface area (Å²) in [5, 5.41) is -0.0818. The van der Waals surface area contributed by atoms with E-state index in [1.807, 2.05) is 0 Å². The summed E-state index contributed by atoms with van der Waals surface area (Å²) in [5.41, 5.74) is -1.22. The van der Waals surface area contributed by atoms with E-state index in [4.69, 9.17) is 18.2 Å². The van der Waals surface area contributed by atoms with Gasteiger partial charge in [-0.05, 0) is 18.2 Å². The maximum atomic E-state index is 12.3. The van der Waals surface area contributed by atoms with Crippen LogP contribution in [-0.2, 0) is 6.18 Å². The van der Waals surface area contributed by atoms with Gasteiger partial charge in [0.05, 0.1) is 10.6 Å². The predicted octanol–water partition coefficient (Wildman–Crippen LogP) is 3.46. The smallest absolute Gasteiger partial charge is 0.308 e. The molecule has 0 N–H and O–H groups in total. The lowest BCUT2D eigenvalue weighted by Gasteiger charge is -2.08. The van der Waals surface area contributed by atoms with E-state index in [2.05, 4.69) is 4.85 Å². The molecule has 0 atom stereocenters. The molecule has 0 bridgehead atoms. The van der Waals surface area contributed by atoms with Crippen molar-refractivity contribution < 1.29 is 18.0 Å². The minimum Gasteiger partial charge on any atom is -0.308 e. The van der Waals surface area contributed by atoms with Gasteiger partial charge in [-0.15, -0.1) is 0 Å². The Morgan fingerprint density at radius 2 is 2.06 bits per heavy atom. The quantitative estimate of drug-likeness (QED) is 0.579. The van der Waals surface area contributed by atoms with Crippen LogP contribution in [0.2, 0.25) is 5.02 Å². The second kappa shape index (κ2) is 4.54. The number of halogens is 4. The maximum Gasteiger partial charge on any atom is 0.416 e. The fourth-order valence-corrected chi connectivity index (χ4v) is 1.30. The van der Waals surface area contributed by atoms with E-state index in [0.717, 1.165) is 12.1 Å². The molecular weight excluding hydrogens is 243 g/mol. The van der Waals surface area contributed by atoms with Crippen LogP contribution in [0.15, 0.2) is 18.2 Å². The molecule has 1 rings (SSSR count). The summed E-state index contributed by atoms with van der Waals surface area (Å²) < 4.78 is 37.0. The minimum absolute atomic E-state index is 0.0818. The highest BCUT2D eigenvalue weighted by atomic mass is 35.5. The zero-order valence-electron chi connectivity index (χ0n) is 7.81. The summed E-state index contributed by atoms with van der Waals surface area (Å²) in [4.78, 5) is 14.1. The second-order valence-electron chi connectivity index (χ2n) is 2.93. The minimum atomic E-state index is -4.53. The van der Waals surface area contributed by atoms with Crippen molar-refractivity contribution in [3.05, 3.63) is 45.8 Å².